The first-order valence-electron chi connectivity index (χ1n) is 7.24. The quantitative estimate of drug-likeness (QED) is 0.839. The lowest BCUT2D eigenvalue weighted by molar-refractivity contribution is -0.110. The molecule has 0 saturated heterocycles. The molecule has 0 amide bonds. The van der Waals surface area contributed by atoms with E-state index < -0.39 is 0 Å². The highest BCUT2D eigenvalue weighted by atomic mass is 16.1. The number of rotatable bonds is 3. The molecule has 1 aromatic carbocycles. The zero-order chi connectivity index (χ0) is 16.1. The third-order valence-corrected chi connectivity index (χ3v) is 3.36. The molecule has 0 saturated carbocycles. The van der Waals surface area contributed by atoms with E-state index >= 15 is 0 Å². The third-order valence-electron chi connectivity index (χ3n) is 3.36. The van der Waals surface area contributed by atoms with E-state index in [1.165, 1.54) is 11.0 Å². The van der Waals surface area contributed by atoms with Crippen molar-refractivity contribution in [2.24, 2.45) is 0 Å². The SMILES string of the molecule is CN(C)C(=c1ccc(=CC=C2C=CC(=O)C=C2)cc1)N(C)C. The van der Waals surface area contributed by atoms with E-state index in [9.17, 15) is 4.79 Å². The molecule has 0 bridgehead atoms. The summed E-state index contributed by atoms with van der Waals surface area (Å²) in [6.45, 7) is 0. The molecule has 3 heteroatoms. The van der Waals surface area contributed by atoms with Gasteiger partial charge in [0, 0.05) is 33.4 Å². The molecule has 1 aromatic rings. The summed E-state index contributed by atoms with van der Waals surface area (Å²) < 4.78 is 0. The molecule has 0 fully saturated rings. The van der Waals surface area contributed by atoms with Gasteiger partial charge in [0.2, 0.25) is 0 Å². The van der Waals surface area contributed by atoms with Gasteiger partial charge >= 0.3 is 0 Å². The van der Waals surface area contributed by atoms with Crippen molar-refractivity contribution < 1.29 is 4.79 Å². The highest BCUT2D eigenvalue weighted by Gasteiger charge is 2.02. The average Bonchev–Trinajstić information content (AvgIpc) is 2.47. The van der Waals surface area contributed by atoms with Crippen LogP contribution < -0.4 is 10.4 Å². The fraction of sp³-hybridized carbons (Fsp3) is 0.211. The van der Waals surface area contributed by atoms with Gasteiger partial charge < -0.3 is 9.80 Å². The maximum absolute atomic E-state index is 11.1. The molecule has 0 atom stereocenters. The van der Waals surface area contributed by atoms with Gasteiger partial charge in [0.25, 0.3) is 0 Å². The van der Waals surface area contributed by atoms with Crippen LogP contribution in [0.5, 0.6) is 0 Å². The molecular weight excluding hydrogens is 272 g/mol. The molecular formula is C19H22N2O. The van der Waals surface area contributed by atoms with Crippen LogP contribution in [-0.4, -0.2) is 43.8 Å². The normalized spacial score (nSPS) is 13.1. The number of carbonyl (C=O) groups excluding carboxylic acids is 1. The molecule has 0 unspecified atom stereocenters. The summed E-state index contributed by atoms with van der Waals surface area (Å²) in [5.41, 5.74) is 1.03. The lowest BCUT2D eigenvalue weighted by Crippen LogP contribution is -2.30. The molecule has 0 radical (unpaired) electrons. The smallest absolute Gasteiger partial charge is 0.178 e. The molecule has 0 spiro atoms. The Labute approximate surface area is 131 Å². The Morgan fingerprint density at radius 2 is 1.36 bits per heavy atom. The minimum atomic E-state index is 0.0388. The van der Waals surface area contributed by atoms with E-state index in [1.807, 2.05) is 46.4 Å². The van der Waals surface area contributed by atoms with Gasteiger partial charge in [-0.15, -0.1) is 0 Å². The fourth-order valence-corrected chi connectivity index (χ4v) is 2.43. The molecule has 1 aliphatic carbocycles. The second-order valence-corrected chi connectivity index (χ2v) is 5.64. The van der Waals surface area contributed by atoms with Crippen LogP contribution >= 0.6 is 0 Å². The van der Waals surface area contributed by atoms with Crippen LogP contribution in [0.4, 0.5) is 0 Å². The van der Waals surface area contributed by atoms with Crippen LogP contribution in [-0.2, 0) is 4.79 Å². The Kier molecular flexibility index (Phi) is 4.99. The predicted molar refractivity (Wildman–Crippen MR) is 92.3 cm³/mol. The van der Waals surface area contributed by atoms with Crippen LogP contribution in [0, 0.1) is 0 Å². The first-order chi connectivity index (χ1) is 10.5. The van der Waals surface area contributed by atoms with Crippen molar-refractivity contribution in [1.82, 2.24) is 9.80 Å². The Hall–Kier alpha value is -2.55. The fourth-order valence-electron chi connectivity index (χ4n) is 2.43. The average molecular weight is 294 g/mol. The molecule has 114 valence electrons. The predicted octanol–water partition coefficient (Wildman–Crippen LogP) is 1.28. The minimum Gasteiger partial charge on any atom is -0.364 e. The topological polar surface area (TPSA) is 23.6 Å². The number of carbonyl (C=O) groups is 1. The van der Waals surface area contributed by atoms with Gasteiger partial charge in [-0.25, -0.2) is 0 Å². The highest BCUT2D eigenvalue weighted by molar-refractivity contribution is 6.01. The highest BCUT2D eigenvalue weighted by Crippen LogP contribution is 2.05. The summed E-state index contributed by atoms with van der Waals surface area (Å²) in [7, 11) is 8.18. The van der Waals surface area contributed by atoms with Gasteiger partial charge in [0.05, 0.1) is 0 Å². The van der Waals surface area contributed by atoms with Gasteiger partial charge in [-0.1, -0.05) is 48.6 Å². The zero-order valence-electron chi connectivity index (χ0n) is 13.6. The lowest BCUT2D eigenvalue weighted by Gasteiger charge is -2.24. The van der Waals surface area contributed by atoms with Gasteiger partial charge in [0.15, 0.2) is 5.78 Å². The van der Waals surface area contributed by atoms with E-state index in [4.69, 9.17) is 0 Å². The molecule has 2 rings (SSSR count). The van der Waals surface area contributed by atoms with Crippen molar-refractivity contribution in [1.29, 1.82) is 0 Å². The number of ketones is 1. The number of hydrogen-bond acceptors (Lipinski definition) is 3. The molecule has 0 aromatic heterocycles. The number of allylic oxidation sites excluding steroid dienone is 6. The Balaban J connectivity index is 2.33. The number of nitrogens with zero attached hydrogens (tertiary/aromatic N) is 2. The van der Waals surface area contributed by atoms with Crippen molar-refractivity contribution in [2.75, 3.05) is 28.2 Å². The summed E-state index contributed by atoms with van der Waals surface area (Å²) in [6, 6.07) is 8.44. The van der Waals surface area contributed by atoms with Gasteiger partial charge in [-0.05, 0) is 22.9 Å². The maximum Gasteiger partial charge on any atom is 0.178 e. The molecule has 22 heavy (non-hydrogen) atoms. The van der Waals surface area contributed by atoms with Crippen molar-refractivity contribution in [3.8, 4) is 0 Å². The van der Waals surface area contributed by atoms with Crippen molar-refractivity contribution in [2.45, 2.75) is 0 Å². The molecule has 1 aliphatic rings. The van der Waals surface area contributed by atoms with E-state index in [0.717, 1.165) is 10.8 Å². The molecule has 0 heterocycles. The van der Waals surface area contributed by atoms with Gasteiger partial charge in [-0.3, -0.25) is 4.79 Å². The standard InChI is InChI=1S/C19H22N2O/c1-20(2)19(21(3)4)17-11-7-15(8-12-17)5-6-16-9-13-18(22)14-10-16/h5-14H,1-4H3. The van der Waals surface area contributed by atoms with E-state index in [2.05, 4.69) is 40.1 Å². The summed E-state index contributed by atoms with van der Waals surface area (Å²) in [6.07, 6.45) is 10.9. The van der Waals surface area contributed by atoms with E-state index in [-0.39, 0.29) is 5.78 Å². The van der Waals surface area contributed by atoms with E-state index in [0.29, 0.717) is 0 Å². The molecule has 0 aliphatic heterocycles. The van der Waals surface area contributed by atoms with Crippen molar-refractivity contribution in [3.05, 3.63) is 70.7 Å². The van der Waals surface area contributed by atoms with Crippen LogP contribution in [0.2, 0.25) is 0 Å². The lowest BCUT2D eigenvalue weighted by atomic mass is 10.1. The number of benzene rings is 1. The second kappa shape index (κ2) is 6.94. The van der Waals surface area contributed by atoms with Gasteiger partial charge in [-0.2, -0.15) is 0 Å². The summed E-state index contributed by atoms with van der Waals surface area (Å²) in [5, 5.41) is 2.31. The minimum absolute atomic E-state index is 0.0388. The Morgan fingerprint density at radius 1 is 0.818 bits per heavy atom. The van der Waals surface area contributed by atoms with Crippen LogP contribution in [0.25, 0.3) is 11.9 Å². The largest absolute Gasteiger partial charge is 0.364 e. The zero-order valence-corrected chi connectivity index (χ0v) is 13.6. The Bertz CT molecular complexity index is 714. The molecule has 3 nitrogen and oxygen atoms in total. The van der Waals surface area contributed by atoms with E-state index in [1.54, 1.807) is 12.2 Å². The van der Waals surface area contributed by atoms with Crippen LogP contribution in [0.3, 0.4) is 0 Å². The summed E-state index contributed by atoms with van der Waals surface area (Å²) >= 11 is 0. The first-order valence-corrected chi connectivity index (χ1v) is 7.24. The third kappa shape index (κ3) is 3.98. The Morgan fingerprint density at radius 3 is 1.86 bits per heavy atom. The first kappa shape index (κ1) is 15.8. The van der Waals surface area contributed by atoms with Crippen molar-refractivity contribution >= 4 is 17.7 Å². The van der Waals surface area contributed by atoms with Crippen LogP contribution in [0.15, 0.2) is 60.2 Å². The maximum atomic E-state index is 11.1. The monoisotopic (exact) mass is 294 g/mol. The van der Waals surface area contributed by atoms with Gasteiger partial charge in [0.1, 0.15) is 5.82 Å². The summed E-state index contributed by atoms with van der Waals surface area (Å²) in [5.74, 6) is 1.21. The second-order valence-electron chi connectivity index (χ2n) is 5.64. The number of hydrogen-bond donors (Lipinski definition) is 0. The molecule has 0 N–H and O–H groups in total. The van der Waals surface area contributed by atoms with Crippen LogP contribution in [0.1, 0.15) is 0 Å². The summed E-state index contributed by atoms with van der Waals surface area (Å²) in [4.78, 5) is 15.3. The van der Waals surface area contributed by atoms with Crippen molar-refractivity contribution in [3.63, 3.8) is 0 Å².